The van der Waals surface area contributed by atoms with Gasteiger partial charge in [-0.1, -0.05) is 71.5 Å². The molecule has 33 heavy (non-hydrogen) atoms. The minimum absolute atomic E-state index is 0.122. The SMILES string of the molecule is Cc1ccc(-c2nnc(NC(=O)C3CCN(S(=O)(=O)CCCc4ccccc4)CC3)s2)cc1. The van der Waals surface area contributed by atoms with Crippen molar-refractivity contribution in [3.8, 4) is 10.6 Å². The van der Waals surface area contributed by atoms with E-state index in [-0.39, 0.29) is 17.6 Å². The molecule has 0 bridgehead atoms. The Balaban J connectivity index is 1.25. The van der Waals surface area contributed by atoms with E-state index in [0.717, 1.165) is 22.6 Å². The van der Waals surface area contributed by atoms with Gasteiger partial charge in [0, 0.05) is 24.6 Å². The highest BCUT2D eigenvalue weighted by molar-refractivity contribution is 7.89. The molecule has 0 radical (unpaired) electrons. The van der Waals surface area contributed by atoms with Gasteiger partial charge >= 0.3 is 0 Å². The van der Waals surface area contributed by atoms with Gasteiger partial charge in [-0.15, -0.1) is 10.2 Å². The third-order valence-electron chi connectivity index (χ3n) is 5.88. The van der Waals surface area contributed by atoms with Crippen LogP contribution in [-0.4, -0.2) is 47.7 Å². The summed E-state index contributed by atoms with van der Waals surface area (Å²) in [4.78, 5) is 12.7. The molecule has 1 aliphatic heterocycles. The molecule has 0 unspecified atom stereocenters. The molecule has 7 nitrogen and oxygen atoms in total. The topological polar surface area (TPSA) is 92.3 Å². The van der Waals surface area contributed by atoms with Crippen LogP contribution in [0, 0.1) is 12.8 Å². The van der Waals surface area contributed by atoms with E-state index in [1.54, 1.807) is 0 Å². The van der Waals surface area contributed by atoms with Crippen molar-refractivity contribution in [2.24, 2.45) is 5.92 Å². The Labute approximate surface area is 198 Å². The molecule has 2 heterocycles. The second-order valence-corrected chi connectivity index (χ2v) is 11.4. The van der Waals surface area contributed by atoms with Gasteiger partial charge in [0.15, 0.2) is 0 Å². The molecule has 1 aliphatic rings. The van der Waals surface area contributed by atoms with Crippen LogP contribution >= 0.6 is 11.3 Å². The van der Waals surface area contributed by atoms with Gasteiger partial charge in [0.25, 0.3) is 0 Å². The molecule has 2 aromatic carbocycles. The van der Waals surface area contributed by atoms with Crippen molar-refractivity contribution >= 4 is 32.4 Å². The van der Waals surface area contributed by atoms with Crippen LogP contribution < -0.4 is 5.32 Å². The highest BCUT2D eigenvalue weighted by Gasteiger charge is 2.31. The first-order valence-electron chi connectivity index (χ1n) is 11.1. The van der Waals surface area contributed by atoms with Crippen LogP contribution in [0.5, 0.6) is 0 Å². The van der Waals surface area contributed by atoms with Crippen molar-refractivity contribution in [3.05, 3.63) is 65.7 Å². The lowest BCUT2D eigenvalue weighted by Crippen LogP contribution is -2.42. The van der Waals surface area contributed by atoms with E-state index < -0.39 is 10.0 Å². The maximum absolute atomic E-state index is 12.7. The van der Waals surface area contributed by atoms with Gasteiger partial charge in [-0.2, -0.15) is 0 Å². The fraction of sp³-hybridized carbons (Fsp3) is 0.375. The number of piperidine rings is 1. The molecule has 0 spiro atoms. The average molecular weight is 485 g/mol. The van der Waals surface area contributed by atoms with Crippen LogP contribution in [0.25, 0.3) is 10.6 Å². The van der Waals surface area contributed by atoms with Crippen LogP contribution in [0.1, 0.15) is 30.4 Å². The lowest BCUT2D eigenvalue weighted by atomic mass is 9.97. The summed E-state index contributed by atoms with van der Waals surface area (Å²) >= 11 is 1.34. The normalized spacial score (nSPS) is 15.4. The standard InChI is InChI=1S/C24H28N4O3S2/c1-18-9-11-21(12-10-18)23-26-27-24(32-23)25-22(29)20-13-15-28(16-14-20)33(30,31)17-5-8-19-6-3-2-4-7-19/h2-4,6-7,9-12,20H,5,8,13-17H2,1H3,(H,25,27,29). The van der Waals surface area contributed by atoms with Crippen molar-refractivity contribution < 1.29 is 13.2 Å². The number of nitrogens with one attached hydrogen (secondary N) is 1. The number of hydrogen-bond acceptors (Lipinski definition) is 6. The summed E-state index contributed by atoms with van der Waals surface area (Å²) in [5.41, 5.74) is 3.27. The van der Waals surface area contributed by atoms with Crippen molar-refractivity contribution in [2.45, 2.75) is 32.6 Å². The van der Waals surface area contributed by atoms with E-state index >= 15 is 0 Å². The highest BCUT2D eigenvalue weighted by Crippen LogP contribution is 2.28. The van der Waals surface area contributed by atoms with E-state index in [2.05, 4.69) is 15.5 Å². The summed E-state index contributed by atoms with van der Waals surface area (Å²) in [5, 5.41) is 12.3. The maximum Gasteiger partial charge on any atom is 0.229 e. The monoisotopic (exact) mass is 484 g/mol. The molecule has 1 aromatic heterocycles. The predicted molar refractivity (Wildman–Crippen MR) is 132 cm³/mol. The van der Waals surface area contributed by atoms with Gasteiger partial charge in [0.1, 0.15) is 5.01 Å². The molecule has 1 N–H and O–H groups in total. The van der Waals surface area contributed by atoms with E-state index in [4.69, 9.17) is 0 Å². The first-order chi connectivity index (χ1) is 15.9. The molecule has 0 saturated carbocycles. The molecule has 0 atom stereocenters. The minimum Gasteiger partial charge on any atom is -0.300 e. The van der Waals surface area contributed by atoms with E-state index in [0.29, 0.717) is 37.5 Å². The van der Waals surface area contributed by atoms with Crippen LogP contribution in [0.2, 0.25) is 0 Å². The number of carbonyl (C=O) groups is 1. The number of aryl methyl sites for hydroxylation is 2. The fourth-order valence-corrected chi connectivity index (χ4v) is 6.21. The molecule has 1 saturated heterocycles. The van der Waals surface area contributed by atoms with Crippen LogP contribution in [0.3, 0.4) is 0 Å². The van der Waals surface area contributed by atoms with Gasteiger partial charge in [0.2, 0.25) is 21.1 Å². The van der Waals surface area contributed by atoms with Gasteiger partial charge < -0.3 is 5.32 Å². The lowest BCUT2D eigenvalue weighted by Gasteiger charge is -2.30. The second-order valence-electron chi connectivity index (χ2n) is 8.35. The summed E-state index contributed by atoms with van der Waals surface area (Å²) in [6, 6.07) is 17.9. The first kappa shape index (κ1) is 23.5. The van der Waals surface area contributed by atoms with E-state index in [1.807, 2.05) is 61.5 Å². The summed E-state index contributed by atoms with van der Waals surface area (Å²) in [6.07, 6.45) is 2.35. The molecular formula is C24H28N4O3S2. The van der Waals surface area contributed by atoms with Gasteiger partial charge in [-0.05, 0) is 38.2 Å². The maximum atomic E-state index is 12.7. The number of rotatable bonds is 8. The van der Waals surface area contributed by atoms with E-state index in [9.17, 15) is 13.2 Å². The van der Waals surface area contributed by atoms with E-state index in [1.165, 1.54) is 21.2 Å². The van der Waals surface area contributed by atoms with Crippen LogP contribution in [0.4, 0.5) is 5.13 Å². The Kier molecular flexibility index (Phi) is 7.52. The zero-order valence-electron chi connectivity index (χ0n) is 18.6. The molecule has 4 rings (SSSR count). The predicted octanol–water partition coefficient (Wildman–Crippen LogP) is 4.13. The van der Waals surface area contributed by atoms with Crippen LogP contribution in [0.15, 0.2) is 54.6 Å². The summed E-state index contributed by atoms with van der Waals surface area (Å²) < 4.78 is 27.0. The van der Waals surface area contributed by atoms with Gasteiger partial charge in [0.05, 0.1) is 5.75 Å². The number of aromatic nitrogens is 2. The van der Waals surface area contributed by atoms with Gasteiger partial charge in [-0.25, -0.2) is 12.7 Å². The number of amides is 1. The number of anilines is 1. The smallest absolute Gasteiger partial charge is 0.229 e. The van der Waals surface area contributed by atoms with Crippen molar-refractivity contribution in [3.63, 3.8) is 0 Å². The number of nitrogens with zero attached hydrogens (tertiary/aromatic N) is 3. The summed E-state index contributed by atoms with van der Waals surface area (Å²) in [7, 11) is -3.31. The number of sulfonamides is 1. The van der Waals surface area contributed by atoms with Crippen molar-refractivity contribution in [2.75, 3.05) is 24.2 Å². The molecule has 174 valence electrons. The molecular weight excluding hydrogens is 456 g/mol. The lowest BCUT2D eigenvalue weighted by molar-refractivity contribution is -0.120. The fourth-order valence-electron chi connectivity index (χ4n) is 3.92. The van der Waals surface area contributed by atoms with Crippen molar-refractivity contribution in [1.82, 2.24) is 14.5 Å². The average Bonchev–Trinajstić information content (AvgIpc) is 3.28. The Bertz CT molecular complexity index is 1170. The zero-order chi connectivity index (χ0) is 23.3. The third-order valence-corrected chi connectivity index (χ3v) is 8.73. The third kappa shape index (κ3) is 6.25. The van der Waals surface area contributed by atoms with Gasteiger partial charge in [-0.3, -0.25) is 4.79 Å². The number of hydrogen-bond donors (Lipinski definition) is 1. The first-order valence-corrected chi connectivity index (χ1v) is 13.6. The largest absolute Gasteiger partial charge is 0.300 e. The number of carbonyl (C=O) groups excluding carboxylic acids is 1. The molecule has 1 amide bonds. The quantitative estimate of drug-likeness (QED) is 0.519. The molecule has 0 aliphatic carbocycles. The molecule has 1 fully saturated rings. The Hall–Kier alpha value is -2.62. The number of benzene rings is 2. The Morgan fingerprint density at radius 3 is 2.45 bits per heavy atom. The Morgan fingerprint density at radius 2 is 1.76 bits per heavy atom. The molecule has 3 aromatic rings. The minimum atomic E-state index is -3.31. The molecule has 9 heteroatoms. The summed E-state index contributed by atoms with van der Waals surface area (Å²) in [5.74, 6) is -0.221. The van der Waals surface area contributed by atoms with Crippen molar-refractivity contribution in [1.29, 1.82) is 0 Å². The zero-order valence-corrected chi connectivity index (χ0v) is 20.2. The summed E-state index contributed by atoms with van der Waals surface area (Å²) in [6.45, 7) is 2.77. The highest BCUT2D eigenvalue weighted by atomic mass is 32.2. The van der Waals surface area contributed by atoms with Crippen LogP contribution in [-0.2, 0) is 21.2 Å². The second kappa shape index (κ2) is 10.5. The Morgan fingerprint density at radius 1 is 1.06 bits per heavy atom.